The molecule has 0 aliphatic heterocycles. The molecule has 144 valence electrons. The lowest BCUT2D eigenvalue weighted by molar-refractivity contribution is -0.141. The highest BCUT2D eigenvalue weighted by molar-refractivity contribution is 7.80. The quantitative estimate of drug-likeness (QED) is 0.215. The van der Waals surface area contributed by atoms with Gasteiger partial charge in [-0.05, 0) is 6.92 Å². The first-order valence-electron chi connectivity index (χ1n) is 7.68. The summed E-state index contributed by atoms with van der Waals surface area (Å²) in [5.41, 5.74) is 6.41. The second-order valence-electron chi connectivity index (χ2n) is 5.48. The number of carbonyl (C=O) groups excluding carboxylic acids is 3. The third-order valence-electron chi connectivity index (χ3n) is 3.32. The topological polar surface area (TPSA) is 179 Å². The Morgan fingerprint density at radius 1 is 1.31 bits per heavy atom. The van der Waals surface area contributed by atoms with Crippen molar-refractivity contribution in [3.63, 3.8) is 0 Å². The Bertz CT molecular complexity index is 638. The van der Waals surface area contributed by atoms with E-state index in [-0.39, 0.29) is 18.7 Å². The van der Waals surface area contributed by atoms with Crippen molar-refractivity contribution in [2.45, 2.75) is 31.5 Å². The third-order valence-corrected chi connectivity index (χ3v) is 3.68. The first-order valence-corrected chi connectivity index (χ1v) is 8.31. The van der Waals surface area contributed by atoms with Crippen LogP contribution in [0.2, 0.25) is 0 Å². The fourth-order valence-corrected chi connectivity index (χ4v) is 2.10. The summed E-state index contributed by atoms with van der Waals surface area (Å²) in [6, 6.07) is -3.02. The second kappa shape index (κ2) is 10.4. The Kier molecular flexibility index (Phi) is 8.58. The predicted octanol–water partition coefficient (Wildman–Crippen LogP) is -2.60. The van der Waals surface area contributed by atoms with Crippen molar-refractivity contribution >= 4 is 36.3 Å². The molecule has 0 aliphatic carbocycles. The number of aliphatic carboxylic acids is 1. The van der Waals surface area contributed by atoms with E-state index in [1.165, 1.54) is 19.4 Å². The SMILES string of the molecule is CC(NC(=O)C(CS)NC(=O)CNC(=O)C(N)Cc1cnc[nH]1)C(=O)O. The van der Waals surface area contributed by atoms with Gasteiger partial charge in [-0.2, -0.15) is 12.6 Å². The van der Waals surface area contributed by atoms with Crippen molar-refractivity contribution in [3.8, 4) is 0 Å². The highest BCUT2D eigenvalue weighted by Gasteiger charge is 2.23. The molecule has 1 rings (SSSR count). The lowest BCUT2D eigenvalue weighted by atomic mass is 10.1. The van der Waals surface area contributed by atoms with E-state index in [0.29, 0.717) is 5.69 Å². The monoisotopic (exact) mass is 386 g/mol. The van der Waals surface area contributed by atoms with Gasteiger partial charge in [-0.3, -0.25) is 19.2 Å². The maximum absolute atomic E-state index is 11.9. The number of rotatable bonds is 10. The lowest BCUT2D eigenvalue weighted by Gasteiger charge is -2.18. The van der Waals surface area contributed by atoms with Gasteiger partial charge in [0.15, 0.2) is 0 Å². The minimum Gasteiger partial charge on any atom is -0.480 e. The van der Waals surface area contributed by atoms with E-state index in [0.717, 1.165) is 0 Å². The average Bonchev–Trinajstić information content (AvgIpc) is 3.09. The van der Waals surface area contributed by atoms with Crippen molar-refractivity contribution < 1.29 is 24.3 Å². The van der Waals surface area contributed by atoms with Gasteiger partial charge in [0.25, 0.3) is 0 Å². The van der Waals surface area contributed by atoms with Gasteiger partial charge in [-0.1, -0.05) is 0 Å². The van der Waals surface area contributed by atoms with Crippen molar-refractivity contribution in [2.75, 3.05) is 12.3 Å². The summed E-state index contributed by atoms with van der Waals surface area (Å²) in [4.78, 5) is 53.0. The number of aromatic amines is 1. The summed E-state index contributed by atoms with van der Waals surface area (Å²) in [6.45, 7) is 0.903. The molecule has 1 aromatic heterocycles. The molecule has 3 atom stereocenters. The zero-order valence-corrected chi connectivity index (χ0v) is 15.0. The van der Waals surface area contributed by atoms with Gasteiger partial charge in [0.2, 0.25) is 17.7 Å². The molecule has 1 aromatic rings. The molecule has 3 amide bonds. The first kappa shape index (κ1) is 21.4. The molecule has 0 saturated heterocycles. The van der Waals surface area contributed by atoms with E-state index in [9.17, 15) is 19.2 Å². The van der Waals surface area contributed by atoms with Crippen molar-refractivity contribution in [1.29, 1.82) is 0 Å². The Morgan fingerprint density at radius 3 is 2.54 bits per heavy atom. The van der Waals surface area contributed by atoms with Gasteiger partial charge < -0.3 is 31.8 Å². The van der Waals surface area contributed by atoms with Crippen LogP contribution in [0.25, 0.3) is 0 Å². The van der Waals surface area contributed by atoms with Gasteiger partial charge in [0.1, 0.15) is 12.1 Å². The van der Waals surface area contributed by atoms with E-state index in [2.05, 4.69) is 38.5 Å². The minimum absolute atomic E-state index is 0.0444. The molecular formula is C14H22N6O5S. The number of hydrogen-bond donors (Lipinski definition) is 7. The Hall–Kier alpha value is -2.60. The van der Waals surface area contributed by atoms with E-state index in [4.69, 9.17) is 10.8 Å². The van der Waals surface area contributed by atoms with Gasteiger partial charge in [0.05, 0.1) is 18.9 Å². The summed E-state index contributed by atoms with van der Waals surface area (Å²) in [5.74, 6) is -3.12. The summed E-state index contributed by atoms with van der Waals surface area (Å²) in [7, 11) is 0. The van der Waals surface area contributed by atoms with Gasteiger partial charge in [-0.25, -0.2) is 4.98 Å². The van der Waals surface area contributed by atoms with Crippen LogP contribution < -0.4 is 21.7 Å². The van der Waals surface area contributed by atoms with Crippen LogP contribution in [-0.4, -0.2) is 69.2 Å². The van der Waals surface area contributed by atoms with Crippen LogP contribution in [0, 0.1) is 0 Å². The van der Waals surface area contributed by atoms with Crippen LogP contribution in [0.5, 0.6) is 0 Å². The summed E-state index contributed by atoms with van der Waals surface area (Å²) in [5, 5.41) is 15.7. The zero-order chi connectivity index (χ0) is 19.7. The first-order chi connectivity index (χ1) is 12.2. The van der Waals surface area contributed by atoms with Crippen LogP contribution >= 0.6 is 12.6 Å². The summed E-state index contributed by atoms with van der Waals surface area (Å²) >= 11 is 3.95. The number of carboxylic acids is 1. The standard InChI is InChI=1S/C14H22N6O5S/c1-7(14(24)25)19-13(23)10(5-26)20-11(21)4-17-12(22)9(15)2-8-3-16-6-18-8/h3,6-7,9-10,26H,2,4-5,15H2,1H3,(H,16,18)(H,17,22)(H,19,23)(H,20,21)(H,24,25). The van der Waals surface area contributed by atoms with Crippen LogP contribution in [0.3, 0.4) is 0 Å². The van der Waals surface area contributed by atoms with Gasteiger partial charge in [0, 0.05) is 24.1 Å². The maximum Gasteiger partial charge on any atom is 0.325 e. The number of H-pyrrole nitrogens is 1. The number of aromatic nitrogens is 2. The highest BCUT2D eigenvalue weighted by atomic mass is 32.1. The molecule has 1 heterocycles. The largest absolute Gasteiger partial charge is 0.480 e. The Labute approximate surface area is 154 Å². The Balaban J connectivity index is 2.42. The summed E-state index contributed by atoms with van der Waals surface area (Å²) in [6.07, 6.45) is 3.22. The molecule has 11 nitrogen and oxygen atoms in total. The van der Waals surface area contributed by atoms with E-state index in [1.807, 2.05) is 0 Å². The number of carboxylic acid groups (broad SMARTS) is 1. The van der Waals surface area contributed by atoms with Crippen LogP contribution in [0.15, 0.2) is 12.5 Å². The van der Waals surface area contributed by atoms with Gasteiger partial charge in [-0.15, -0.1) is 0 Å². The number of nitrogens with two attached hydrogens (primary N) is 1. The van der Waals surface area contributed by atoms with Crippen LogP contribution in [0.4, 0.5) is 0 Å². The maximum atomic E-state index is 11.9. The third kappa shape index (κ3) is 7.11. The Morgan fingerprint density at radius 2 is 2.00 bits per heavy atom. The number of thiol groups is 1. The zero-order valence-electron chi connectivity index (χ0n) is 14.1. The minimum atomic E-state index is -1.21. The molecule has 3 unspecified atom stereocenters. The smallest absolute Gasteiger partial charge is 0.325 e. The molecule has 7 N–H and O–H groups in total. The fraction of sp³-hybridized carbons (Fsp3) is 0.500. The molecular weight excluding hydrogens is 364 g/mol. The fourth-order valence-electron chi connectivity index (χ4n) is 1.84. The van der Waals surface area contributed by atoms with E-state index < -0.39 is 41.8 Å². The molecule has 0 aliphatic rings. The number of hydrogen-bond acceptors (Lipinski definition) is 7. The molecule has 12 heteroatoms. The van der Waals surface area contributed by atoms with Crippen molar-refractivity contribution in [2.24, 2.45) is 5.73 Å². The number of nitrogens with zero attached hydrogens (tertiary/aromatic N) is 1. The van der Waals surface area contributed by atoms with E-state index >= 15 is 0 Å². The van der Waals surface area contributed by atoms with Gasteiger partial charge >= 0.3 is 5.97 Å². The van der Waals surface area contributed by atoms with Crippen molar-refractivity contribution in [3.05, 3.63) is 18.2 Å². The highest BCUT2D eigenvalue weighted by Crippen LogP contribution is 1.96. The lowest BCUT2D eigenvalue weighted by Crippen LogP contribution is -2.54. The van der Waals surface area contributed by atoms with Crippen LogP contribution in [0.1, 0.15) is 12.6 Å². The molecule has 0 bridgehead atoms. The number of nitrogens with one attached hydrogen (secondary N) is 4. The van der Waals surface area contributed by atoms with E-state index in [1.54, 1.807) is 0 Å². The van der Waals surface area contributed by atoms with Crippen LogP contribution in [-0.2, 0) is 25.6 Å². The number of carbonyl (C=O) groups is 4. The molecule has 0 aromatic carbocycles. The predicted molar refractivity (Wildman–Crippen MR) is 94.3 cm³/mol. The molecule has 0 radical (unpaired) electrons. The molecule has 0 spiro atoms. The molecule has 0 saturated carbocycles. The second-order valence-corrected chi connectivity index (χ2v) is 5.84. The average molecular weight is 386 g/mol. The number of imidazole rings is 1. The van der Waals surface area contributed by atoms with Crippen molar-refractivity contribution in [1.82, 2.24) is 25.9 Å². The summed E-state index contributed by atoms with van der Waals surface area (Å²) < 4.78 is 0. The molecule has 0 fully saturated rings. The number of amides is 3. The molecule has 26 heavy (non-hydrogen) atoms. The normalized spacial score (nSPS) is 14.0.